The number of pyridine rings is 1. The standard InChI is InChI=1S/C18H29N3O5/c22-12-14-16(24)17(25)15(23)11-21(14)9-4-2-1-3-8-20-18(26)13-6-5-7-19-10-13/h5-7,10,14-17,22-25H,1-4,8-9,11-12H2,(H,20,26)/t14-,15+,16+,17-/m1/s1. The van der Waals surface area contributed by atoms with E-state index in [-0.39, 0.29) is 19.1 Å². The Hall–Kier alpha value is -1.58. The van der Waals surface area contributed by atoms with Crippen LogP contribution in [0.15, 0.2) is 24.5 Å². The van der Waals surface area contributed by atoms with Gasteiger partial charge in [-0.15, -0.1) is 0 Å². The van der Waals surface area contributed by atoms with Crippen molar-refractivity contribution in [2.24, 2.45) is 0 Å². The lowest BCUT2D eigenvalue weighted by Crippen LogP contribution is -2.62. The van der Waals surface area contributed by atoms with Crippen LogP contribution in [0.5, 0.6) is 0 Å². The fourth-order valence-electron chi connectivity index (χ4n) is 3.23. The van der Waals surface area contributed by atoms with Crippen LogP contribution >= 0.6 is 0 Å². The van der Waals surface area contributed by atoms with E-state index in [9.17, 15) is 25.2 Å². The molecule has 2 rings (SSSR count). The van der Waals surface area contributed by atoms with Crippen LogP contribution in [-0.4, -0.2) is 86.8 Å². The van der Waals surface area contributed by atoms with E-state index in [1.165, 1.54) is 6.20 Å². The van der Waals surface area contributed by atoms with Gasteiger partial charge in [0.05, 0.1) is 24.3 Å². The first-order valence-electron chi connectivity index (χ1n) is 9.12. The molecule has 1 aliphatic rings. The maximum atomic E-state index is 11.8. The van der Waals surface area contributed by atoms with E-state index in [4.69, 9.17) is 0 Å². The number of aliphatic hydroxyl groups excluding tert-OH is 4. The first kappa shape index (κ1) is 20.7. The zero-order valence-corrected chi connectivity index (χ0v) is 14.9. The number of piperidine rings is 1. The van der Waals surface area contributed by atoms with Gasteiger partial charge >= 0.3 is 0 Å². The molecule has 8 heteroatoms. The molecule has 0 bridgehead atoms. The lowest BCUT2D eigenvalue weighted by atomic mass is 9.94. The van der Waals surface area contributed by atoms with E-state index >= 15 is 0 Å². The normalized spacial score (nSPS) is 26.6. The summed E-state index contributed by atoms with van der Waals surface area (Å²) in [4.78, 5) is 17.6. The van der Waals surface area contributed by atoms with Gasteiger partial charge in [0.25, 0.3) is 5.91 Å². The second-order valence-electron chi connectivity index (χ2n) is 6.71. The molecule has 0 radical (unpaired) electrons. The van der Waals surface area contributed by atoms with Gasteiger partial charge in [0.1, 0.15) is 12.2 Å². The highest BCUT2D eigenvalue weighted by Crippen LogP contribution is 2.19. The largest absolute Gasteiger partial charge is 0.395 e. The lowest BCUT2D eigenvalue weighted by Gasteiger charge is -2.43. The Morgan fingerprint density at radius 3 is 2.65 bits per heavy atom. The third kappa shape index (κ3) is 5.72. The summed E-state index contributed by atoms with van der Waals surface area (Å²) in [5.74, 6) is -0.126. The number of hydrogen-bond acceptors (Lipinski definition) is 7. The first-order valence-corrected chi connectivity index (χ1v) is 9.12. The molecular weight excluding hydrogens is 338 g/mol. The summed E-state index contributed by atoms with van der Waals surface area (Å²) < 4.78 is 0. The topological polar surface area (TPSA) is 126 Å². The van der Waals surface area contributed by atoms with E-state index in [1.54, 1.807) is 18.3 Å². The number of nitrogens with zero attached hydrogens (tertiary/aromatic N) is 2. The molecule has 0 aromatic carbocycles. The van der Waals surface area contributed by atoms with E-state index < -0.39 is 24.4 Å². The molecule has 1 amide bonds. The van der Waals surface area contributed by atoms with E-state index in [1.807, 2.05) is 4.90 Å². The highest BCUT2D eigenvalue weighted by atomic mass is 16.4. The number of rotatable bonds is 9. The molecule has 26 heavy (non-hydrogen) atoms. The number of aliphatic hydroxyl groups is 4. The smallest absolute Gasteiger partial charge is 0.252 e. The first-order chi connectivity index (χ1) is 12.5. The quantitative estimate of drug-likeness (QED) is 0.359. The lowest BCUT2D eigenvalue weighted by molar-refractivity contribution is -0.145. The number of nitrogens with one attached hydrogen (secondary N) is 1. The number of carbonyl (C=O) groups excluding carboxylic acids is 1. The van der Waals surface area contributed by atoms with Crippen LogP contribution in [-0.2, 0) is 0 Å². The van der Waals surface area contributed by atoms with Crippen LogP contribution in [0.25, 0.3) is 0 Å². The molecule has 0 unspecified atom stereocenters. The molecule has 1 saturated heterocycles. The van der Waals surface area contributed by atoms with Crippen molar-refractivity contribution in [1.29, 1.82) is 0 Å². The van der Waals surface area contributed by atoms with Gasteiger partial charge in [0, 0.05) is 25.5 Å². The Labute approximate surface area is 153 Å². The van der Waals surface area contributed by atoms with Crippen molar-refractivity contribution in [1.82, 2.24) is 15.2 Å². The second kappa shape index (κ2) is 10.5. The number of carbonyl (C=O) groups is 1. The summed E-state index contributed by atoms with van der Waals surface area (Å²) in [5, 5.41) is 41.7. The fraction of sp³-hybridized carbons (Fsp3) is 0.667. The minimum atomic E-state index is -1.22. The van der Waals surface area contributed by atoms with Crippen LogP contribution in [0.1, 0.15) is 36.0 Å². The van der Waals surface area contributed by atoms with Gasteiger partial charge in [0.2, 0.25) is 0 Å². The van der Waals surface area contributed by atoms with Gasteiger partial charge in [-0.3, -0.25) is 14.7 Å². The van der Waals surface area contributed by atoms with Gasteiger partial charge in [-0.2, -0.15) is 0 Å². The Kier molecular flexibility index (Phi) is 8.40. The maximum Gasteiger partial charge on any atom is 0.252 e. The van der Waals surface area contributed by atoms with Crippen molar-refractivity contribution in [2.75, 3.05) is 26.2 Å². The molecule has 1 aromatic heterocycles. The summed E-state index contributed by atoms with van der Waals surface area (Å²) >= 11 is 0. The van der Waals surface area contributed by atoms with Crippen molar-refractivity contribution < 1.29 is 25.2 Å². The number of likely N-dealkylation sites (tertiary alicyclic amines) is 1. The number of β-amino-alcohol motifs (C(OH)–C–C–N with tert-alkyl or cyclic N) is 1. The number of unbranched alkanes of at least 4 members (excludes halogenated alkanes) is 3. The molecule has 1 aromatic rings. The minimum Gasteiger partial charge on any atom is -0.395 e. The Morgan fingerprint density at radius 2 is 1.96 bits per heavy atom. The van der Waals surface area contributed by atoms with Crippen LogP contribution in [0.3, 0.4) is 0 Å². The molecule has 0 aliphatic carbocycles. The molecule has 2 heterocycles. The van der Waals surface area contributed by atoms with Crippen molar-refractivity contribution in [3.63, 3.8) is 0 Å². The summed E-state index contributed by atoms with van der Waals surface area (Å²) in [7, 11) is 0. The maximum absolute atomic E-state index is 11.8. The van der Waals surface area contributed by atoms with Crippen LogP contribution in [0.4, 0.5) is 0 Å². The average Bonchev–Trinajstić information content (AvgIpc) is 2.66. The average molecular weight is 367 g/mol. The predicted molar refractivity (Wildman–Crippen MR) is 95.5 cm³/mol. The molecule has 146 valence electrons. The van der Waals surface area contributed by atoms with Crippen molar-refractivity contribution in [3.05, 3.63) is 30.1 Å². The molecule has 0 spiro atoms. The van der Waals surface area contributed by atoms with Crippen molar-refractivity contribution in [3.8, 4) is 0 Å². The third-order valence-corrected chi connectivity index (χ3v) is 4.80. The van der Waals surface area contributed by atoms with Crippen molar-refractivity contribution in [2.45, 2.75) is 50.0 Å². The number of amides is 1. The third-order valence-electron chi connectivity index (χ3n) is 4.80. The molecule has 4 atom stereocenters. The molecule has 1 aliphatic heterocycles. The van der Waals surface area contributed by atoms with Gasteiger partial charge < -0.3 is 25.7 Å². The van der Waals surface area contributed by atoms with Gasteiger partial charge in [-0.05, 0) is 31.5 Å². The van der Waals surface area contributed by atoms with Crippen molar-refractivity contribution >= 4 is 5.91 Å². The van der Waals surface area contributed by atoms with Crippen LogP contribution < -0.4 is 5.32 Å². The van der Waals surface area contributed by atoms with E-state index in [2.05, 4.69) is 10.3 Å². The van der Waals surface area contributed by atoms with Crippen LogP contribution in [0, 0.1) is 0 Å². The van der Waals surface area contributed by atoms with E-state index in [0.717, 1.165) is 25.7 Å². The zero-order chi connectivity index (χ0) is 18.9. The SMILES string of the molecule is O=C(NCCCCCCN1C[C@H](O)[C@@H](O)[C@@H](O)[C@H]1CO)c1cccnc1. The fourth-order valence-corrected chi connectivity index (χ4v) is 3.23. The highest BCUT2D eigenvalue weighted by Gasteiger charge is 2.40. The Morgan fingerprint density at radius 1 is 1.19 bits per heavy atom. The summed E-state index contributed by atoms with van der Waals surface area (Å²) in [6, 6.07) is 2.90. The highest BCUT2D eigenvalue weighted by molar-refractivity contribution is 5.93. The summed E-state index contributed by atoms with van der Waals surface area (Å²) in [5.41, 5.74) is 0.548. The molecule has 5 N–H and O–H groups in total. The molecular formula is C18H29N3O5. The van der Waals surface area contributed by atoms with Gasteiger partial charge in [-0.1, -0.05) is 12.8 Å². The predicted octanol–water partition coefficient (Wildman–Crippen LogP) is -0.869. The molecule has 0 saturated carbocycles. The monoisotopic (exact) mass is 367 g/mol. The summed E-state index contributed by atoms with van der Waals surface area (Å²) in [6.45, 7) is 1.21. The van der Waals surface area contributed by atoms with Gasteiger partial charge in [-0.25, -0.2) is 0 Å². The minimum absolute atomic E-state index is 0.126. The second-order valence-corrected chi connectivity index (χ2v) is 6.71. The zero-order valence-electron chi connectivity index (χ0n) is 14.9. The summed E-state index contributed by atoms with van der Waals surface area (Å²) in [6.07, 6.45) is 3.38. The van der Waals surface area contributed by atoms with Crippen LogP contribution in [0.2, 0.25) is 0 Å². The number of aromatic nitrogens is 1. The molecule has 8 nitrogen and oxygen atoms in total. The number of hydrogen-bond donors (Lipinski definition) is 5. The Bertz CT molecular complexity index is 545. The van der Waals surface area contributed by atoms with E-state index in [0.29, 0.717) is 18.7 Å². The van der Waals surface area contributed by atoms with Gasteiger partial charge in [0.15, 0.2) is 0 Å². The molecule has 1 fully saturated rings. The Balaban J connectivity index is 1.59.